The molecule has 29 heavy (non-hydrogen) atoms. The maximum atomic E-state index is 13.1. The zero-order valence-electron chi connectivity index (χ0n) is 15.7. The molecule has 2 bridgehead atoms. The molecule has 1 aliphatic heterocycles. The number of ether oxygens (including phenoxy) is 1. The fraction of sp³-hybridized carbons (Fsp3) is 0.348. The molecule has 2 aromatic carbocycles. The summed E-state index contributed by atoms with van der Waals surface area (Å²) in [7, 11) is 0. The fourth-order valence-electron chi connectivity index (χ4n) is 5.27. The number of benzene rings is 2. The van der Waals surface area contributed by atoms with Crippen molar-refractivity contribution in [1.82, 2.24) is 0 Å². The quantitative estimate of drug-likeness (QED) is 0.550. The summed E-state index contributed by atoms with van der Waals surface area (Å²) < 4.78 is 5.76. The van der Waals surface area contributed by atoms with Gasteiger partial charge in [0.25, 0.3) is 0 Å². The van der Waals surface area contributed by atoms with Gasteiger partial charge in [0.05, 0.1) is 17.5 Å². The van der Waals surface area contributed by atoms with Gasteiger partial charge in [-0.15, -0.1) is 0 Å². The standard InChI is InChI=1S/C23H20ClNO4/c24-16-9-7-13(8-10-16)18(26)12-29-19-4-2-1-3-17(19)25-22(27)20-14-5-6-15(11-14)21(20)23(25)28/h1-4,7-10,14-15,20-21H,5-6,11-12H2/t14-,15+,20-,21+. The van der Waals surface area contributed by atoms with Crippen LogP contribution in [0.25, 0.3) is 0 Å². The predicted octanol–water partition coefficient (Wildman–Crippen LogP) is 4.14. The molecule has 2 amide bonds. The molecule has 5 nitrogen and oxygen atoms in total. The van der Waals surface area contributed by atoms with Gasteiger partial charge in [-0.3, -0.25) is 14.4 Å². The van der Waals surface area contributed by atoms with Gasteiger partial charge in [-0.2, -0.15) is 0 Å². The lowest BCUT2D eigenvalue weighted by molar-refractivity contribution is -0.123. The first-order valence-electron chi connectivity index (χ1n) is 9.93. The van der Waals surface area contributed by atoms with Gasteiger partial charge in [0.15, 0.2) is 12.4 Å². The third-order valence-electron chi connectivity index (χ3n) is 6.56. The van der Waals surface area contributed by atoms with Crippen molar-refractivity contribution in [3.05, 3.63) is 59.1 Å². The molecule has 2 aromatic rings. The third kappa shape index (κ3) is 2.96. The van der Waals surface area contributed by atoms with E-state index in [4.69, 9.17) is 16.3 Å². The summed E-state index contributed by atoms with van der Waals surface area (Å²) in [4.78, 5) is 39.9. The van der Waals surface area contributed by atoms with E-state index in [1.165, 1.54) is 4.90 Å². The van der Waals surface area contributed by atoms with E-state index in [-0.39, 0.29) is 36.0 Å². The van der Waals surface area contributed by atoms with Crippen LogP contribution in [0.5, 0.6) is 5.75 Å². The summed E-state index contributed by atoms with van der Waals surface area (Å²) >= 11 is 5.86. The Morgan fingerprint density at radius 3 is 2.24 bits per heavy atom. The van der Waals surface area contributed by atoms with Gasteiger partial charge in [-0.1, -0.05) is 23.7 Å². The Kier molecular flexibility index (Phi) is 4.43. The molecule has 3 aliphatic rings. The number of carbonyl (C=O) groups is 3. The first-order chi connectivity index (χ1) is 14.0. The molecule has 0 unspecified atom stereocenters. The summed E-state index contributed by atoms with van der Waals surface area (Å²) in [6.45, 7) is -0.188. The average molecular weight is 410 g/mol. The van der Waals surface area contributed by atoms with E-state index in [0.29, 0.717) is 33.9 Å². The van der Waals surface area contributed by atoms with Crippen molar-refractivity contribution >= 4 is 34.9 Å². The number of Topliss-reactive ketones (excluding diaryl/α,β-unsaturated/α-hetero) is 1. The number of amides is 2. The summed E-state index contributed by atoms with van der Waals surface area (Å²) in [6, 6.07) is 13.5. The molecule has 0 N–H and O–H groups in total. The first kappa shape index (κ1) is 18.4. The molecule has 0 aromatic heterocycles. The van der Waals surface area contributed by atoms with Crippen LogP contribution in [-0.2, 0) is 9.59 Å². The molecule has 6 heteroatoms. The number of fused-ring (bicyclic) bond motifs is 5. The Bertz CT molecular complexity index is 974. The number of carbonyl (C=O) groups excluding carboxylic acids is 3. The largest absolute Gasteiger partial charge is 0.483 e. The van der Waals surface area contributed by atoms with E-state index in [1.807, 2.05) is 0 Å². The van der Waals surface area contributed by atoms with Gasteiger partial charge in [0, 0.05) is 10.6 Å². The van der Waals surface area contributed by atoms with Crippen molar-refractivity contribution in [2.24, 2.45) is 23.7 Å². The second-order valence-electron chi connectivity index (χ2n) is 8.08. The number of hydrogen-bond acceptors (Lipinski definition) is 4. The van der Waals surface area contributed by atoms with Crippen LogP contribution >= 0.6 is 11.6 Å². The van der Waals surface area contributed by atoms with E-state index >= 15 is 0 Å². The molecular weight excluding hydrogens is 390 g/mol. The van der Waals surface area contributed by atoms with Crippen LogP contribution in [0.2, 0.25) is 5.02 Å². The van der Waals surface area contributed by atoms with Gasteiger partial charge >= 0.3 is 0 Å². The minimum Gasteiger partial charge on any atom is -0.483 e. The number of imide groups is 1. The summed E-state index contributed by atoms with van der Waals surface area (Å²) in [5.74, 6) is 0.195. The Balaban J connectivity index is 1.37. The number of halogens is 1. The molecule has 0 spiro atoms. The van der Waals surface area contributed by atoms with Gasteiger partial charge in [0.2, 0.25) is 11.8 Å². The molecule has 5 rings (SSSR count). The zero-order valence-corrected chi connectivity index (χ0v) is 16.5. The lowest BCUT2D eigenvalue weighted by Gasteiger charge is -2.20. The van der Waals surface area contributed by atoms with E-state index in [2.05, 4.69) is 0 Å². The molecule has 0 radical (unpaired) electrons. The normalized spacial score (nSPS) is 27.4. The van der Waals surface area contributed by atoms with Crippen LogP contribution in [-0.4, -0.2) is 24.2 Å². The Morgan fingerprint density at radius 1 is 0.966 bits per heavy atom. The van der Waals surface area contributed by atoms with Crippen molar-refractivity contribution in [2.75, 3.05) is 11.5 Å². The van der Waals surface area contributed by atoms with Crippen molar-refractivity contribution in [3.8, 4) is 5.75 Å². The second kappa shape index (κ2) is 6.99. The van der Waals surface area contributed by atoms with Gasteiger partial charge in [-0.05, 0) is 67.5 Å². The summed E-state index contributed by atoms with van der Waals surface area (Å²) in [6.07, 6.45) is 3.06. The van der Waals surface area contributed by atoms with Crippen molar-refractivity contribution < 1.29 is 19.1 Å². The Labute approximate surface area is 173 Å². The van der Waals surface area contributed by atoms with E-state index in [9.17, 15) is 14.4 Å². The number of nitrogens with zero attached hydrogens (tertiary/aromatic N) is 1. The first-order valence-corrected chi connectivity index (χ1v) is 10.3. The van der Waals surface area contributed by atoms with Crippen LogP contribution in [0.15, 0.2) is 48.5 Å². The number of hydrogen-bond donors (Lipinski definition) is 0. The lowest BCUT2D eigenvalue weighted by Crippen LogP contribution is -2.33. The maximum Gasteiger partial charge on any atom is 0.238 e. The highest BCUT2D eigenvalue weighted by molar-refractivity contribution is 6.30. The minimum atomic E-state index is -0.203. The zero-order chi connectivity index (χ0) is 20.1. The topological polar surface area (TPSA) is 63.7 Å². The van der Waals surface area contributed by atoms with E-state index in [1.54, 1.807) is 48.5 Å². The van der Waals surface area contributed by atoms with Crippen LogP contribution in [0, 0.1) is 23.7 Å². The molecule has 2 aliphatic carbocycles. The number of rotatable bonds is 5. The highest BCUT2D eigenvalue weighted by Gasteiger charge is 2.61. The fourth-order valence-corrected chi connectivity index (χ4v) is 5.40. The summed E-state index contributed by atoms with van der Waals surface area (Å²) in [5.41, 5.74) is 0.923. The van der Waals surface area contributed by atoms with Gasteiger partial charge < -0.3 is 4.74 Å². The number of anilines is 1. The highest BCUT2D eigenvalue weighted by Crippen LogP contribution is 2.57. The number of para-hydroxylation sites is 2. The van der Waals surface area contributed by atoms with Crippen LogP contribution in [0.3, 0.4) is 0 Å². The van der Waals surface area contributed by atoms with E-state index in [0.717, 1.165) is 19.3 Å². The highest BCUT2D eigenvalue weighted by atomic mass is 35.5. The SMILES string of the molecule is O=C(COc1ccccc1N1C(=O)[C@@H]2[C@@H]3CC[C@@H](C3)[C@@H]2C1=O)c1ccc(Cl)cc1. The summed E-state index contributed by atoms with van der Waals surface area (Å²) in [5, 5.41) is 0.554. The van der Waals surface area contributed by atoms with Crippen LogP contribution in [0.1, 0.15) is 29.6 Å². The maximum absolute atomic E-state index is 13.1. The Morgan fingerprint density at radius 2 is 1.59 bits per heavy atom. The lowest BCUT2D eigenvalue weighted by atomic mass is 9.81. The Hall–Kier alpha value is -2.66. The molecule has 1 saturated heterocycles. The molecular formula is C23H20ClNO4. The molecule has 2 saturated carbocycles. The molecule has 4 atom stereocenters. The average Bonchev–Trinajstić information content (AvgIpc) is 3.41. The molecule has 3 fully saturated rings. The molecule has 1 heterocycles. The number of ketones is 1. The smallest absolute Gasteiger partial charge is 0.238 e. The second-order valence-corrected chi connectivity index (χ2v) is 8.52. The van der Waals surface area contributed by atoms with Crippen molar-refractivity contribution in [1.29, 1.82) is 0 Å². The van der Waals surface area contributed by atoms with Crippen LogP contribution < -0.4 is 9.64 Å². The molecule has 148 valence electrons. The van der Waals surface area contributed by atoms with Gasteiger partial charge in [0.1, 0.15) is 5.75 Å². The van der Waals surface area contributed by atoms with Crippen molar-refractivity contribution in [2.45, 2.75) is 19.3 Å². The van der Waals surface area contributed by atoms with Gasteiger partial charge in [-0.25, -0.2) is 4.90 Å². The minimum absolute atomic E-state index is 0.118. The predicted molar refractivity (Wildman–Crippen MR) is 108 cm³/mol. The monoisotopic (exact) mass is 409 g/mol. The van der Waals surface area contributed by atoms with E-state index < -0.39 is 0 Å². The van der Waals surface area contributed by atoms with Crippen LogP contribution in [0.4, 0.5) is 5.69 Å². The third-order valence-corrected chi connectivity index (χ3v) is 6.81. The van der Waals surface area contributed by atoms with Crippen molar-refractivity contribution in [3.63, 3.8) is 0 Å².